The topological polar surface area (TPSA) is 54.0 Å². The zero-order chi connectivity index (χ0) is 23.5. The van der Waals surface area contributed by atoms with E-state index in [1.807, 2.05) is 12.1 Å². The van der Waals surface area contributed by atoms with Crippen LogP contribution in [0.2, 0.25) is 0 Å². The van der Waals surface area contributed by atoms with Gasteiger partial charge in [0.2, 0.25) is 5.91 Å². The SMILES string of the molecule is COc1cc2c(cc1OC)C(c1cccs1)N(CC(=O)Nc1ccc(N3CCCC3)cc1)CC2. The molecule has 5 rings (SSSR count). The van der Waals surface area contributed by atoms with Crippen LogP contribution in [0.5, 0.6) is 11.5 Å². The molecule has 2 aliphatic rings. The van der Waals surface area contributed by atoms with Crippen LogP contribution in [0.25, 0.3) is 0 Å². The predicted octanol–water partition coefficient (Wildman–Crippen LogP) is 4.95. The van der Waals surface area contributed by atoms with Crippen molar-refractivity contribution >= 4 is 28.6 Å². The van der Waals surface area contributed by atoms with E-state index in [0.29, 0.717) is 12.3 Å². The Bertz CT molecular complexity index is 1120. The van der Waals surface area contributed by atoms with Gasteiger partial charge in [0.15, 0.2) is 11.5 Å². The molecule has 1 fully saturated rings. The minimum absolute atomic E-state index is 0.000551. The number of fused-ring (bicyclic) bond motifs is 1. The van der Waals surface area contributed by atoms with E-state index >= 15 is 0 Å². The number of methoxy groups -OCH3 is 2. The first-order valence-corrected chi connectivity index (χ1v) is 12.7. The van der Waals surface area contributed by atoms with E-state index in [-0.39, 0.29) is 11.9 Å². The normalized spacial score (nSPS) is 17.9. The molecule has 1 aromatic heterocycles. The number of anilines is 2. The molecule has 0 aliphatic carbocycles. The quantitative estimate of drug-likeness (QED) is 0.522. The van der Waals surface area contributed by atoms with Crippen molar-refractivity contribution in [2.45, 2.75) is 25.3 Å². The minimum Gasteiger partial charge on any atom is -0.493 e. The third-order valence-electron chi connectivity index (χ3n) is 6.76. The molecule has 2 aliphatic heterocycles. The summed E-state index contributed by atoms with van der Waals surface area (Å²) in [7, 11) is 3.32. The largest absolute Gasteiger partial charge is 0.493 e. The highest BCUT2D eigenvalue weighted by Crippen LogP contribution is 2.42. The Morgan fingerprint density at radius 2 is 1.76 bits per heavy atom. The van der Waals surface area contributed by atoms with Crippen LogP contribution in [-0.2, 0) is 11.2 Å². The van der Waals surface area contributed by atoms with Crippen LogP contribution < -0.4 is 19.7 Å². The van der Waals surface area contributed by atoms with E-state index in [9.17, 15) is 4.79 Å². The second-order valence-electron chi connectivity index (χ2n) is 8.83. The van der Waals surface area contributed by atoms with Crippen LogP contribution in [0, 0.1) is 0 Å². The zero-order valence-electron chi connectivity index (χ0n) is 19.8. The standard InChI is InChI=1S/C27H31N3O3S/c1-32-23-16-19-11-14-30(27(25-6-5-15-34-25)22(19)17-24(23)33-2)18-26(31)28-20-7-9-21(10-8-20)29-12-3-4-13-29/h5-10,15-17,27H,3-4,11-14,18H2,1-2H3,(H,28,31). The van der Waals surface area contributed by atoms with E-state index in [2.05, 4.69) is 56.9 Å². The third-order valence-corrected chi connectivity index (χ3v) is 7.68. The molecule has 0 bridgehead atoms. The van der Waals surface area contributed by atoms with Crippen LogP contribution in [-0.4, -0.2) is 51.2 Å². The highest BCUT2D eigenvalue weighted by Gasteiger charge is 2.32. The fraction of sp³-hybridized carbons (Fsp3) is 0.370. The lowest BCUT2D eigenvalue weighted by Crippen LogP contribution is -2.40. The second kappa shape index (κ2) is 10.1. The summed E-state index contributed by atoms with van der Waals surface area (Å²) in [6.45, 7) is 3.35. The number of amides is 1. The summed E-state index contributed by atoms with van der Waals surface area (Å²) in [6, 6.07) is 16.6. The zero-order valence-corrected chi connectivity index (χ0v) is 20.6. The van der Waals surface area contributed by atoms with Crippen molar-refractivity contribution in [3.8, 4) is 11.5 Å². The molecule has 1 saturated heterocycles. The molecule has 1 unspecified atom stereocenters. The molecule has 178 valence electrons. The number of nitrogens with zero attached hydrogens (tertiary/aromatic N) is 2. The summed E-state index contributed by atoms with van der Waals surface area (Å²) in [6.07, 6.45) is 3.36. The van der Waals surface area contributed by atoms with Gasteiger partial charge in [0.1, 0.15) is 0 Å². The van der Waals surface area contributed by atoms with Crippen LogP contribution in [0.1, 0.15) is 34.9 Å². The number of thiophene rings is 1. The van der Waals surface area contributed by atoms with E-state index in [0.717, 1.165) is 37.5 Å². The Morgan fingerprint density at radius 3 is 2.44 bits per heavy atom. The lowest BCUT2D eigenvalue weighted by molar-refractivity contribution is -0.117. The molecule has 1 N–H and O–H groups in total. The summed E-state index contributed by atoms with van der Waals surface area (Å²) in [5, 5.41) is 5.19. The van der Waals surface area contributed by atoms with Gasteiger partial charge in [0.25, 0.3) is 0 Å². The molecule has 34 heavy (non-hydrogen) atoms. The van der Waals surface area contributed by atoms with Gasteiger partial charge in [0, 0.05) is 35.9 Å². The maximum Gasteiger partial charge on any atom is 0.238 e. The first-order valence-electron chi connectivity index (χ1n) is 11.8. The highest BCUT2D eigenvalue weighted by atomic mass is 32.1. The molecule has 6 nitrogen and oxygen atoms in total. The van der Waals surface area contributed by atoms with Crippen molar-refractivity contribution in [2.75, 3.05) is 50.6 Å². The van der Waals surface area contributed by atoms with Crippen molar-refractivity contribution in [3.05, 3.63) is 69.9 Å². The molecule has 0 radical (unpaired) electrons. The average Bonchev–Trinajstić information content (AvgIpc) is 3.58. The summed E-state index contributed by atoms with van der Waals surface area (Å²) in [4.78, 5) is 18.9. The molecular formula is C27H31N3O3S. The first kappa shape index (κ1) is 22.7. The molecule has 2 aromatic carbocycles. The van der Waals surface area contributed by atoms with Gasteiger partial charge in [-0.05, 0) is 78.2 Å². The van der Waals surface area contributed by atoms with Gasteiger partial charge in [-0.25, -0.2) is 0 Å². The molecule has 1 amide bonds. The van der Waals surface area contributed by atoms with Crippen molar-refractivity contribution in [3.63, 3.8) is 0 Å². The van der Waals surface area contributed by atoms with E-state index in [1.165, 1.54) is 34.5 Å². The summed E-state index contributed by atoms with van der Waals surface area (Å²) in [5.41, 5.74) is 4.48. The Morgan fingerprint density at radius 1 is 1.03 bits per heavy atom. The first-order chi connectivity index (χ1) is 16.7. The second-order valence-corrected chi connectivity index (χ2v) is 9.81. The number of ether oxygens (including phenoxy) is 2. The smallest absolute Gasteiger partial charge is 0.238 e. The van der Waals surface area contributed by atoms with Crippen molar-refractivity contribution in [2.24, 2.45) is 0 Å². The van der Waals surface area contributed by atoms with Gasteiger partial charge in [-0.1, -0.05) is 6.07 Å². The Hall–Kier alpha value is -3.03. The van der Waals surface area contributed by atoms with Crippen LogP contribution in [0.4, 0.5) is 11.4 Å². The number of hydrogen-bond acceptors (Lipinski definition) is 6. The van der Waals surface area contributed by atoms with E-state index < -0.39 is 0 Å². The van der Waals surface area contributed by atoms with Gasteiger partial charge in [-0.15, -0.1) is 11.3 Å². The lowest BCUT2D eigenvalue weighted by atomic mass is 9.91. The molecule has 0 saturated carbocycles. The van der Waals surface area contributed by atoms with Gasteiger partial charge in [-0.2, -0.15) is 0 Å². The predicted molar refractivity (Wildman–Crippen MR) is 138 cm³/mol. The summed E-state index contributed by atoms with van der Waals surface area (Å²) >= 11 is 1.71. The third kappa shape index (κ3) is 4.63. The maximum absolute atomic E-state index is 13.1. The van der Waals surface area contributed by atoms with Crippen LogP contribution in [0.15, 0.2) is 53.9 Å². The van der Waals surface area contributed by atoms with Crippen molar-refractivity contribution in [1.82, 2.24) is 4.90 Å². The van der Waals surface area contributed by atoms with Crippen molar-refractivity contribution < 1.29 is 14.3 Å². The van der Waals surface area contributed by atoms with Gasteiger partial charge in [-0.3, -0.25) is 9.69 Å². The lowest BCUT2D eigenvalue weighted by Gasteiger charge is -2.37. The fourth-order valence-corrected chi connectivity index (χ4v) is 5.94. The Kier molecular flexibility index (Phi) is 6.74. The molecular weight excluding hydrogens is 446 g/mol. The van der Waals surface area contributed by atoms with Crippen molar-refractivity contribution in [1.29, 1.82) is 0 Å². The van der Waals surface area contributed by atoms with Gasteiger partial charge in [0.05, 0.1) is 26.8 Å². The number of benzene rings is 2. The molecule has 7 heteroatoms. The van der Waals surface area contributed by atoms with Crippen LogP contribution in [0.3, 0.4) is 0 Å². The molecule has 3 aromatic rings. The maximum atomic E-state index is 13.1. The Balaban J connectivity index is 1.34. The molecule has 3 heterocycles. The van der Waals surface area contributed by atoms with Gasteiger partial charge < -0.3 is 19.7 Å². The number of nitrogens with one attached hydrogen (secondary N) is 1. The van der Waals surface area contributed by atoms with E-state index in [4.69, 9.17) is 9.47 Å². The average molecular weight is 478 g/mol. The fourth-order valence-electron chi connectivity index (χ4n) is 5.06. The summed E-state index contributed by atoms with van der Waals surface area (Å²) in [5.74, 6) is 1.46. The monoisotopic (exact) mass is 477 g/mol. The molecule has 0 spiro atoms. The number of carbonyl (C=O) groups excluding carboxylic acids is 1. The van der Waals surface area contributed by atoms with Crippen LogP contribution >= 0.6 is 11.3 Å². The Labute approximate surface area is 205 Å². The highest BCUT2D eigenvalue weighted by molar-refractivity contribution is 7.10. The summed E-state index contributed by atoms with van der Waals surface area (Å²) < 4.78 is 11.1. The number of rotatable bonds is 7. The minimum atomic E-state index is -0.000551. The van der Waals surface area contributed by atoms with Gasteiger partial charge >= 0.3 is 0 Å². The van der Waals surface area contributed by atoms with E-state index in [1.54, 1.807) is 25.6 Å². The molecule has 1 atom stereocenters. The number of hydrogen-bond donors (Lipinski definition) is 1. The number of carbonyl (C=O) groups is 1.